The highest BCUT2D eigenvalue weighted by atomic mass is 16.6. The molecule has 0 aromatic carbocycles. The van der Waals surface area contributed by atoms with Gasteiger partial charge in [0.1, 0.15) is 24.5 Å². The monoisotopic (exact) mass is 289 g/mol. The summed E-state index contributed by atoms with van der Waals surface area (Å²) < 4.78 is 5.29. The average Bonchev–Trinajstić information content (AvgIpc) is 2.66. The highest BCUT2D eigenvalue weighted by molar-refractivity contribution is 5.78. The summed E-state index contributed by atoms with van der Waals surface area (Å²) in [6, 6.07) is -0.509. The number of ether oxygens (including phenoxy) is 1. The third-order valence-electron chi connectivity index (χ3n) is 3.42. The van der Waals surface area contributed by atoms with Crippen molar-refractivity contribution in [2.45, 2.75) is 44.1 Å². The number of hydrogen-bond donors (Lipinski definition) is 5. The minimum Gasteiger partial charge on any atom is -0.394 e. The zero-order valence-corrected chi connectivity index (χ0v) is 11.0. The van der Waals surface area contributed by atoms with E-state index in [0.29, 0.717) is 6.42 Å². The van der Waals surface area contributed by atoms with Crippen molar-refractivity contribution >= 4 is 11.9 Å². The summed E-state index contributed by atoms with van der Waals surface area (Å²) in [4.78, 5) is 24.1. The molecule has 2 rings (SSSR count). The van der Waals surface area contributed by atoms with Gasteiger partial charge < -0.3 is 30.7 Å². The Morgan fingerprint density at radius 2 is 2.20 bits per heavy atom. The number of aliphatic hydroxyl groups is 3. The molecule has 0 spiro atoms. The lowest BCUT2D eigenvalue weighted by atomic mass is 10.1. The molecule has 0 aliphatic carbocycles. The SMILES string of the molecule is CC(=O)NC1CCN([C@@H]2O[C@H](CO)[C@@H](O)[C@H]2O)C(=O)N1. The molecule has 9 nitrogen and oxygen atoms in total. The molecule has 0 saturated carbocycles. The van der Waals surface area contributed by atoms with Gasteiger partial charge in [-0.2, -0.15) is 0 Å². The van der Waals surface area contributed by atoms with E-state index in [9.17, 15) is 19.8 Å². The molecule has 1 unspecified atom stereocenters. The summed E-state index contributed by atoms with van der Waals surface area (Å²) >= 11 is 0. The van der Waals surface area contributed by atoms with Crippen molar-refractivity contribution in [1.29, 1.82) is 0 Å². The Morgan fingerprint density at radius 1 is 1.50 bits per heavy atom. The molecule has 2 aliphatic heterocycles. The zero-order chi connectivity index (χ0) is 14.9. The smallest absolute Gasteiger partial charge is 0.321 e. The van der Waals surface area contributed by atoms with Crippen LogP contribution >= 0.6 is 0 Å². The summed E-state index contributed by atoms with van der Waals surface area (Å²) in [5.41, 5.74) is 0. The molecule has 0 aromatic rings. The first-order chi connectivity index (χ1) is 9.43. The molecular weight excluding hydrogens is 270 g/mol. The van der Waals surface area contributed by atoms with Gasteiger partial charge in [-0.15, -0.1) is 0 Å². The second-order valence-electron chi connectivity index (χ2n) is 4.91. The van der Waals surface area contributed by atoms with E-state index < -0.39 is 43.3 Å². The maximum Gasteiger partial charge on any atom is 0.321 e. The standard InChI is InChI=1S/C11H19N3O6/c1-5(16)12-7-2-3-14(11(19)13-7)10-9(18)8(17)6(4-15)20-10/h6-10,15,17-18H,2-4H2,1H3,(H,12,16)(H,13,19)/t6-,7?,8-,9-,10-/m1/s1. The zero-order valence-electron chi connectivity index (χ0n) is 11.0. The van der Waals surface area contributed by atoms with Crippen molar-refractivity contribution in [1.82, 2.24) is 15.5 Å². The van der Waals surface area contributed by atoms with Crippen LogP contribution in [0.25, 0.3) is 0 Å². The Hall–Kier alpha value is -1.42. The molecule has 2 fully saturated rings. The molecule has 5 N–H and O–H groups in total. The molecule has 0 radical (unpaired) electrons. The fraction of sp³-hybridized carbons (Fsp3) is 0.818. The fourth-order valence-corrected chi connectivity index (χ4v) is 2.41. The van der Waals surface area contributed by atoms with Gasteiger partial charge in [0.15, 0.2) is 6.23 Å². The molecule has 0 aromatic heterocycles. The first-order valence-electron chi connectivity index (χ1n) is 6.40. The van der Waals surface area contributed by atoms with Crippen LogP contribution in [0.2, 0.25) is 0 Å². The molecule has 3 amide bonds. The van der Waals surface area contributed by atoms with E-state index in [1.165, 1.54) is 11.8 Å². The van der Waals surface area contributed by atoms with Crippen LogP contribution in [0.15, 0.2) is 0 Å². The fourth-order valence-electron chi connectivity index (χ4n) is 2.41. The van der Waals surface area contributed by atoms with E-state index in [2.05, 4.69) is 10.6 Å². The number of aliphatic hydroxyl groups excluding tert-OH is 3. The van der Waals surface area contributed by atoms with E-state index in [1.54, 1.807) is 0 Å². The Balaban J connectivity index is 1.98. The average molecular weight is 289 g/mol. The maximum atomic E-state index is 11.9. The molecule has 2 aliphatic rings. The van der Waals surface area contributed by atoms with Gasteiger partial charge in [0, 0.05) is 19.9 Å². The van der Waals surface area contributed by atoms with E-state index in [4.69, 9.17) is 9.84 Å². The quantitative estimate of drug-likeness (QED) is 0.384. The molecular formula is C11H19N3O6. The Kier molecular flexibility index (Phi) is 4.43. The Morgan fingerprint density at radius 3 is 2.70 bits per heavy atom. The van der Waals surface area contributed by atoms with Crippen LogP contribution in [0.5, 0.6) is 0 Å². The van der Waals surface area contributed by atoms with Crippen LogP contribution in [-0.2, 0) is 9.53 Å². The normalized spacial score (nSPS) is 37.7. The third kappa shape index (κ3) is 2.85. The maximum absolute atomic E-state index is 11.9. The van der Waals surface area contributed by atoms with Crippen LogP contribution in [-0.4, -0.2) is 76.0 Å². The number of nitrogens with one attached hydrogen (secondary N) is 2. The van der Waals surface area contributed by atoms with Gasteiger partial charge in [-0.25, -0.2) is 4.79 Å². The van der Waals surface area contributed by atoms with E-state index in [-0.39, 0.29) is 12.5 Å². The van der Waals surface area contributed by atoms with Crippen LogP contribution in [0, 0.1) is 0 Å². The first-order valence-corrected chi connectivity index (χ1v) is 6.40. The van der Waals surface area contributed by atoms with Gasteiger partial charge in [0.05, 0.1) is 6.61 Å². The molecule has 114 valence electrons. The molecule has 2 heterocycles. The molecule has 9 heteroatoms. The van der Waals surface area contributed by atoms with Gasteiger partial charge >= 0.3 is 6.03 Å². The minimum absolute atomic E-state index is 0.253. The van der Waals surface area contributed by atoms with Crippen molar-refractivity contribution in [2.24, 2.45) is 0 Å². The summed E-state index contributed by atoms with van der Waals surface area (Å²) in [6.45, 7) is 1.16. The van der Waals surface area contributed by atoms with Crippen molar-refractivity contribution in [3.8, 4) is 0 Å². The van der Waals surface area contributed by atoms with E-state index >= 15 is 0 Å². The van der Waals surface area contributed by atoms with Crippen LogP contribution in [0.3, 0.4) is 0 Å². The van der Waals surface area contributed by atoms with Gasteiger partial charge in [0.25, 0.3) is 0 Å². The number of urea groups is 1. The van der Waals surface area contributed by atoms with Crippen LogP contribution < -0.4 is 10.6 Å². The number of nitrogens with zero attached hydrogens (tertiary/aromatic N) is 1. The summed E-state index contributed by atoms with van der Waals surface area (Å²) in [5, 5.41) is 33.7. The summed E-state index contributed by atoms with van der Waals surface area (Å²) in [5.74, 6) is -0.253. The second kappa shape index (κ2) is 5.92. The van der Waals surface area contributed by atoms with Crippen LogP contribution in [0.4, 0.5) is 4.79 Å². The lowest BCUT2D eigenvalue weighted by molar-refractivity contribution is -0.120. The number of rotatable bonds is 3. The van der Waals surface area contributed by atoms with Crippen molar-refractivity contribution in [2.75, 3.05) is 13.2 Å². The number of hydrogen-bond acceptors (Lipinski definition) is 6. The highest BCUT2D eigenvalue weighted by Gasteiger charge is 2.47. The van der Waals surface area contributed by atoms with Crippen molar-refractivity contribution in [3.63, 3.8) is 0 Å². The Bertz CT molecular complexity index is 392. The minimum atomic E-state index is -1.28. The number of carbonyl (C=O) groups excluding carboxylic acids is 2. The predicted molar refractivity (Wildman–Crippen MR) is 65.2 cm³/mol. The first kappa shape index (κ1) is 15.0. The number of carbonyl (C=O) groups is 2. The van der Waals surface area contributed by atoms with Gasteiger partial charge in [-0.1, -0.05) is 0 Å². The van der Waals surface area contributed by atoms with Gasteiger partial charge in [0.2, 0.25) is 5.91 Å². The second-order valence-corrected chi connectivity index (χ2v) is 4.91. The van der Waals surface area contributed by atoms with Crippen molar-refractivity contribution in [3.05, 3.63) is 0 Å². The third-order valence-corrected chi connectivity index (χ3v) is 3.42. The predicted octanol–water partition coefficient (Wildman–Crippen LogP) is -2.70. The van der Waals surface area contributed by atoms with Gasteiger partial charge in [-0.3, -0.25) is 9.69 Å². The highest BCUT2D eigenvalue weighted by Crippen LogP contribution is 2.25. The van der Waals surface area contributed by atoms with E-state index in [1.807, 2.05) is 0 Å². The molecule has 20 heavy (non-hydrogen) atoms. The van der Waals surface area contributed by atoms with Gasteiger partial charge in [-0.05, 0) is 0 Å². The Labute approximate surface area is 115 Å². The van der Waals surface area contributed by atoms with Crippen molar-refractivity contribution < 1.29 is 29.6 Å². The lowest BCUT2D eigenvalue weighted by Gasteiger charge is -2.37. The topological polar surface area (TPSA) is 131 Å². The lowest BCUT2D eigenvalue weighted by Crippen LogP contribution is -2.61. The largest absolute Gasteiger partial charge is 0.394 e. The molecule has 5 atom stereocenters. The molecule has 2 saturated heterocycles. The van der Waals surface area contributed by atoms with E-state index in [0.717, 1.165) is 0 Å². The molecule has 0 bridgehead atoms. The summed E-state index contributed by atoms with van der Waals surface area (Å²) in [6.07, 6.45) is -4.48. The van der Waals surface area contributed by atoms with Crippen LogP contribution in [0.1, 0.15) is 13.3 Å². The summed E-state index contributed by atoms with van der Waals surface area (Å²) in [7, 11) is 0. The number of amides is 3.